The average molecular weight is 405 g/mol. The van der Waals surface area contributed by atoms with Crippen molar-refractivity contribution in [2.45, 2.75) is 91.7 Å². The van der Waals surface area contributed by atoms with E-state index in [0.29, 0.717) is 0 Å². The van der Waals surface area contributed by atoms with E-state index < -0.39 is 45.5 Å². The summed E-state index contributed by atoms with van der Waals surface area (Å²) in [5, 5.41) is 12.0. The fourth-order valence-electron chi connectivity index (χ4n) is 1.65. The van der Waals surface area contributed by atoms with Crippen LogP contribution in [0.5, 0.6) is 0 Å². The molecular weight excluding hydrogens is 374 g/mol. The van der Waals surface area contributed by atoms with Crippen molar-refractivity contribution in [1.82, 2.24) is 10.4 Å². The monoisotopic (exact) mass is 405 g/mol. The fraction of sp³-hybridized carbons (Fsp3) is 0.824. The molecule has 0 spiro atoms. The summed E-state index contributed by atoms with van der Waals surface area (Å²) >= 11 is 0. The molecule has 1 unspecified atom stereocenters. The van der Waals surface area contributed by atoms with Crippen molar-refractivity contribution >= 4 is 18.2 Å². The summed E-state index contributed by atoms with van der Waals surface area (Å²) in [6, 6.07) is 0. The van der Waals surface area contributed by atoms with E-state index in [4.69, 9.17) is 14.2 Å². The topological polar surface area (TPSA) is 137 Å². The van der Waals surface area contributed by atoms with Gasteiger partial charge in [-0.2, -0.15) is 0 Å². The van der Waals surface area contributed by atoms with Gasteiger partial charge in [0, 0.05) is 6.92 Å². The van der Waals surface area contributed by atoms with Crippen molar-refractivity contribution in [2.24, 2.45) is 0 Å². The summed E-state index contributed by atoms with van der Waals surface area (Å²) in [7, 11) is 0. The number of nitro groups is 1. The molecule has 0 aromatic heterocycles. The lowest BCUT2D eigenvalue weighted by Crippen LogP contribution is -2.67. The van der Waals surface area contributed by atoms with Crippen LogP contribution in [0.2, 0.25) is 0 Å². The number of esters is 1. The Hall–Kier alpha value is -2.59. The van der Waals surface area contributed by atoms with Crippen molar-refractivity contribution in [3.8, 4) is 0 Å². The predicted molar refractivity (Wildman–Crippen MR) is 98.7 cm³/mol. The van der Waals surface area contributed by atoms with Gasteiger partial charge in [-0.1, -0.05) is 0 Å². The van der Waals surface area contributed by atoms with Crippen molar-refractivity contribution in [1.29, 1.82) is 0 Å². The third-order valence-corrected chi connectivity index (χ3v) is 2.75. The Labute approximate surface area is 164 Å². The molecular formula is C17H31N3O8. The zero-order chi connectivity index (χ0) is 22.7. The summed E-state index contributed by atoms with van der Waals surface area (Å²) in [6.07, 6.45) is -2.52. The molecule has 0 radical (unpaired) electrons. The van der Waals surface area contributed by atoms with Crippen LogP contribution in [-0.2, 0) is 19.0 Å². The molecule has 0 aliphatic carbocycles. The van der Waals surface area contributed by atoms with E-state index in [1.165, 1.54) is 41.5 Å². The molecule has 162 valence electrons. The van der Waals surface area contributed by atoms with Crippen LogP contribution >= 0.6 is 0 Å². The van der Waals surface area contributed by atoms with Gasteiger partial charge in [0.15, 0.2) is 0 Å². The van der Waals surface area contributed by atoms with Gasteiger partial charge in [-0.05, 0) is 62.3 Å². The highest BCUT2D eigenvalue weighted by molar-refractivity contribution is 5.85. The number of hydrazine groups is 1. The number of rotatable bonds is 3. The van der Waals surface area contributed by atoms with Gasteiger partial charge < -0.3 is 14.2 Å². The number of carbonyl (C=O) groups excluding carboxylic acids is 3. The Kier molecular flexibility index (Phi) is 7.43. The summed E-state index contributed by atoms with van der Waals surface area (Å²) in [4.78, 5) is 48.1. The molecule has 0 saturated heterocycles. The summed E-state index contributed by atoms with van der Waals surface area (Å²) in [6.45, 7) is 14.6. The molecule has 28 heavy (non-hydrogen) atoms. The van der Waals surface area contributed by atoms with Crippen molar-refractivity contribution in [3.05, 3.63) is 10.1 Å². The fourth-order valence-corrected chi connectivity index (χ4v) is 1.65. The number of amides is 2. The van der Waals surface area contributed by atoms with Gasteiger partial charge in [-0.3, -0.25) is 10.1 Å². The number of nitrogens with zero attached hydrogens (tertiary/aromatic N) is 2. The van der Waals surface area contributed by atoms with Crippen LogP contribution in [0, 0.1) is 10.1 Å². The van der Waals surface area contributed by atoms with Gasteiger partial charge in [0.05, 0.1) is 4.92 Å². The molecule has 1 atom stereocenters. The Morgan fingerprint density at radius 2 is 1.18 bits per heavy atom. The van der Waals surface area contributed by atoms with E-state index in [-0.39, 0.29) is 5.01 Å². The Balaban J connectivity index is 6.12. The number of ether oxygens (including phenoxy) is 3. The van der Waals surface area contributed by atoms with E-state index in [2.05, 4.69) is 0 Å². The maximum absolute atomic E-state index is 12.6. The molecule has 0 bridgehead atoms. The van der Waals surface area contributed by atoms with Crippen LogP contribution in [0.1, 0.15) is 69.2 Å². The summed E-state index contributed by atoms with van der Waals surface area (Å²) in [5.74, 6) is -1.37. The minimum atomic E-state index is -2.81. The minimum Gasteiger partial charge on any atom is -0.453 e. The third kappa shape index (κ3) is 7.97. The highest BCUT2D eigenvalue weighted by atomic mass is 16.7. The Bertz CT molecular complexity index is 628. The van der Waals surface area contributed by atoms with Gasteiger partial charge in [0.2, 0.25) is 0 Å². The lowest BCUT2D eigenvalue weighted by atomic mass is 10.1. The second kappa shape index (κ2) is 8.19. The van der Waals surface area contributed by atoms with Gasteiger partial charge in [0.1, 0.15) is 16.8 Å². The van der Waals surface area contributed by atoms with E-state index in [1.807, 2.05) is 5.43 Å². The standard InChI is InChI=1S/C17H31N3O8/c1-14(2,3)26-11(21)17(10,20(24)25)19(13(23)28-16(7,8)9)18-12(22)27-15(4,5)6/h1-10H3,(H,18,22). The van der Waals surface area contributed by atoms with Crippen molar-refractivity contribution in [2.75, 3.05) is 0 Å². The number of hydrogen-bond acceptors (Lipinski definition) is 8. The van der Waals surface area contributed by atoms with E-state index in [0.717, 1.165) is 6.92 Å². The highest BCUT2D eigenvalue weighted by Gasteiger charge is 2.59. The van der Waals surface area contributed by atoms with Crippen LogP contribution < -0.4 is 5.43 Å². The van der Waals surface area contributed by atoms with Gasteiger partial charge >= 0.3 is 23.8 Å². The van der Waals surface area contributed by atoms with Crippen LogP contribution in [0.25, 0.3) is 0 Å². The molecule has 0 aromatic carbocycles. The maximum Gasteiger partial charge on any atom is 0.435 e. The SMILES string of the molecule is CC(C)(C)OC(=O)NN(C(=O)OC(C)(C)C)C(C)(C(=O)OC(C)(C)C)[N+](=O)[O-]. The Morgan fingerprint density at radius 1 is 0.786 bits per heavy atom. The molecule has 0 aromatic rings. The quantitative estimate of drug-likeness (QED) is 0.249. The lowest BCUT2D eigenvalue weighted by Gasteiger charge is -2.34. The molecule has 0 aliphatic heterocycles. The molecule has 0 rings (SSSR count). The smallest absolute Gasteiger partial charge is 0.435 e. The van der Waals surface area contributed by atoms with Crippen LogP contribution in [0.15, 0.2) is 0 Å². The first-order valence-electron chi connectivity index (χ1n) is 8.60. The first-order valence-corrected chi connectivity index (χ1v) is 8.60. The minimum absolute atomic E-state index is 0.167. The van der Waals surface area contributed by atoms with Gasteiger partial charge in [-0.15, -0.1) is 5.01 Å². The summed E-state index contributed by atoms with van der Waals surface area (Å²) in [5.41, 5.74) is -3.97. The highest BCUT2D eigenvalue weighted by Crippen LogP contribution is 2.23. The molecule has 11 nitrogen and oxygen atoms in total. The van der Waals surface area contributed by atoms with Crippen LogP contribution in [0.3, 0.4) is 0 Å². The maximum atomic E-state index is 12.6. The molecule has 11 heteroatoms. The number of carbonyl (C=O) groups is 3. The first kappa shape index (κ1) is 25.4. The zero-order valence-electron chi connectivity index (χ0n) is 18.2. The third-order valence-electron chi connectivity index (χ3n) is 2.75. The van der Waals surface area contributed by atoms with E-state index in [9.17, 15) is 24.5 Å². The van der Waals surface area contributed by atoms with Crippen molar-refractivity contribution in [3.63, 3.8) is 0 Å². The second-order valence-electron chi connectivity index (χ2n) is 9.21. The van der Waals surface area contributed by atoms with Crippen molar-refractivity contribution < 1.29 is 33.5 Å². The number of nitrogens with one attached hydrogen (secondary N) is 1. The van der Waals surface area contributed by atoms with E-state index in [1.54, 1.807) is 20.8 Å². The number of hydrogen-bond donors (Lipinski definition) is 1. The normalized spacial score (nSPS) is 14.4. The second-order valence-corrected chi connectivity index (χ2v) is 9.21. The van der Waals surface area contributed by atoms with Gasteiger partial charge in [-0.25, -0.2) is 19.8 Å². The predicted octanol–water partition coefficient (Wildman–Crippen LogP) is 3.00. The lowest BCUT2D eigenvalue weighted by molar-refractivity contribution is -0.579. The van der Waals surface area contributed by atoms with E-state index >= 15 is 0 Å². The Morgan fingerprint density at radius 3 is 1.50 bits per heavy atom. The molecule has 0 heterocycles. The molecule has 0 fully saturated rings. The molecule has 0 saturated carbocycles. The summed E-state index contributed by atoms with van der Waals surface area (Å²) < 4.78 is 15.2. The molecule has 0 aliphatic rings. The molecule has 2 amide bonds. The van der Waals surface area contributed by atoms with Gasteiger partial charge in [0.25, 0.3) is 0 Å². The largest absolute Gasteiger partial charge is 0.453 e. The average Bonchev–Trinajstić information content (AvgIpc) is 2.37. The van der Waals surface area contributed by atoms with Crippen LogP contribution in [-0.4, -0.2) is 50.6 Å². The van der Waals surface area contributed by atoms with Crippen LogP contribution in [0.4, 0.5) is 9.59 Å². The first-order chi connectivity index (χ1) is 12.2. The molecule has 1 N–H and O–H groups in total. The zero-order valence-corrected chi connectivity index (χ0v) is 18.2.